The number of nitrogens with one attached hydrogen (secondary N) is 1. The van der Waals surface area contributed by atoms with Gasteiger partial charge in [-0.05, 0) is 18.1 Å². The van der Waals surface area contributed by atoms with Crippen molar-refractivity contribution in [3.63, 3.8) is 0 Å². The maximum absolute atomic E-state index is 13.3. The summed E-state index contributed by atoms with van der Waals surface area (Å²) in [6.07, 6.45) is 7.13. The predicted octanol–water partition coefficient (Wildman–Crippen LogP) is 2.63. The molecule has 1 N–H and O–H groups in total. The summed E-state index contributed by atoms with van der Waals surface area (Å²) in [4.78, 5) is 9.71. The molecule has 0 aromatic heterocycles. The number of halogens is 1. The minimum atomic E-state index is -0.827. The fourth-order valence-corrected chi connectivity index (χ4v) is 1.58. The van der Waals surface area contributed by atoms with Crippen LogP contribution < -0.4 is 5.32 Å². The molecule has 1 aromatic rings. The van der Waals surface area contributed by atoms with Crippen molar-refractivity contribution in [2.75, 3.05) is 0 Å². The molecule has 0 aliphatic rings. The third-order valence-electron chi connectivity index (χ3n) is 2.54. The quantitative estimate of drug-likeness (QED) is 0.479. The molecule has 1 rings (SSSR count). The van der Waals surface area contributed by atoms with Gasteiger partial charge in [-0.25, -0.2) is 0 Å². The second kappa shape index (κ2) is 6.72. The van der Waals surface area contributed by atoms with Gasteiger partial charge in [-0.2, -0.15) is 4.39 Å². The van der Waals surface area contributed by atoms with Gasteiger partial charge in [0.05, 0.1) is 11.0 Å². The first-order valence-electron chi connectivity index (χ1n) is 5.70. The summed E-state index contributed by atoms with van der Waals surface area (Å²) in [5, 5.41) is 13.5. The summed E-state index contributed by atoms with van der Waals surface area (Å²) in [6, 6.07) is 3.78. The lowest BCUT2D eigenvalue weighted by atomic mass is 10.1. The fourth-order valence-electron chi connectivity index (χ4n) is 1.58. The van der Waals surface area contributed by atoms with E-state index in [2.05, 4.69) is 11.2 Å². The lowest BCUT2D eigenvalue weighted by Gasteiger charge is -2.11. The van der Waals surface area contributed by atoms with E-state index >= 15 is 0 Å². The summed E-state index contributed by atoms with van der Waals surface area (Å²) >= 11 is 0. The molecule has 0 saturated carbocycles. The Labute approximate surface area is 105 Å². The average Bonchev–Trinajstić information content (AvgIpc) is 2.34. The highest BCUT2D eigenvalue weighted by atomic mass is 19.1. The van der Waals surface area contributed by atoms with E-state index < -0.39 is 16.4 Å². The zero-order valence-corrected chi connectivity index (χ0v) is 10.1. The maximum atomic E-state index is 13.3. The van der Waals surface area contributed by atoms with Gasteiger partial charge in [-0.3, -0.25) is 15.4 Å². The molecule has 5 heteroatoms. The third-order valence-corrected chi connectivity index (χ3v) is 2.54. The van der Waals surface area contributed by atoms with Crippen molar-refractivity contribution in [2.24, 2.45) is 0 Å². The SMILES string of the molecule is C#CC(CCC)NCc1ccc([N+](=O)[O-])c(F)c1. The second-order valence-electron chi connectivity index (χ2n) is 3.93. The molecule has 0 spiro atoms. The molecule has 1 atom stereocenters. The molecular weight excluding hydrogens is 235 g/mol. The van der Waals surface area contributed by atoms with Gasteiger partial charge in [-0.15, -0.1) is 6.42 Å². The molecule has 0 fully saturated rings. The molecule has 1 aromatic carbocycles. The van der Waals surface area contributed by atoms with Crippen LogP contribution >= 0.6 is 0 Å². The first-order valence-corrected chi connectivity index (χ1v) is 5.70. The monoisotopic (exact) mass is 250 g/mol. The molecule has 0 amide bonds. The highest BCUT2D eigenvalue weighted by molar-refractivity contribution is 5.35. The summed E-state index contributed by atoms with van der Waals surface area (Å²) < 4.78 is 13.3. The number of rotatable bonds is 6. The highest BCUT2D eigenvalue weighted by Gasteiger charge is 2.13. The Kier molecular flexibility index (Phi) is 5.28. The van der Waals surface area contributed by atoms with E-state index in [0.29, 0.717) is 12.1 Å². The zero-order chi connectivity index (χ0) is 13.5. The smallest absolute Gasteiger partial charge is 0.300 e. The zero-order valence-electron chi connectivity index (χ0n) is 10.1. The van der Waals surface area contributed by atoms with Gasteiger partial charge in [0.25, 0.3) is 0 Å². The molecule has 18 heavy (non-hydrogen) atoms. The highest BCUT2D eigenvalue weighted by Crippen LogP contribution is 2.17. The van der Waals surface area contributed by atoms with Gasteiger partial charge in [0.1, 0.15) is 0 Å². The summed E-state index contributed by atoms with van der Waals surface area (Å²) in [5.41, 5.74) is 0.121. The van der Waals surface area contributed by atoms with Crippen molar-refractivity contribution < 1.29 is 9.31 Å². The van der Waals surface area contributed by atoms with Crippen LogP contribution in [-0.2, 0) is 6.54 Å². The van der Waals surface area contributed by atoms with E-state index in [1.54, 1.807) is 0 Å². The number of hydrogen-bond donors (Lipinski definition) is 1. The van der Waals surface area contributed by atoms with Crippen LogP contribution in [0, 0.1) is 28.3 Å². The number of nitro groups is 1. The fraction of sp³-hybridized carbons (Fsp3) is 0.385. The van der Waals surface area contributed by atoms with Crippen LogP contribution in [0.4, 0.5) is 10.1 Å². The van der Waals surface area contributed by atoms with Crippen molar-refractivity contribution in [1.29, 1.82) is 0 Å². The van der Waals surface area contributed by atoms with Crippen LogP contribution in [0.3, 0.4) is 0 Å². The van der Waals surface area contributed by atoms with Gasteiger partial charge < -0.3 is 0 Å². The van der Waals surface area contributed by atoms with Crippen molar-refractivity contribution in [3.05, 3.63) is 39.7 Å². The van der Waals surface area contributed by atoms with Gasteiger partial charge in [0, 0.05) is 12.6 Å². The Morgan fingerprint density at radius 2 is 2.33 bits per heavy atom. The van der Waals surface area contributed by atoms with Crippen LogP contribution in [0.1, 0.15) is 25.3 Å². The third kappa shape index (κ3) is 3.82. The van der Waals surface area contributed by atoms with E-state index in [-0.39, 0.29) is 6.04 Å². The lowest BCUT2D eigenvalue weighted by Crippen LogP contribution is -2.26. The van der Waals surface area contributed by atoms with Crippen molar-refractivity contribution >= 4 is 5.69 Å². The first-order chi connectivity index (χ1) is 8.58. The Morgan fingerprint density at radius 1 is 1.61 bits per heavy atom. The van der Waals surface area contributed by atoms with E-state index in [1.807, 2.05) is 6.92 Å². The van der Waals surface area contributed by atoms with Crippen molar-refractivity contribution in [2.45, 2.75) is 32.4 Å². The second-order valence-corrected chi connectivity index (χ2v) is 3.93. The molecule has 0 heterocycles. The molecule has 96 valence electrons. The number of nitro benzene ring substituents is 1. The Hall–Kier alpha value is -1.93. The van der Waals surface area contributed by atoms with E-state index in [4.69, 9.17) is 6.42 Å². The summed E-state index contributed by atoms with van der Waals surface area (Å²) in [7, 11) is 0. The van der Waals surface area contributed by atoms with Crippen molar-refractivity contribution in [1.82, 2.24) is 5.32 Å². The van der Waals surface area contributed by atoms with Crippen LogP contribution in [0.2, 0.25) is 0 Å². The molecule has 0 saturated heterocycles. The maximum Gasteiger partial charge on any atom is 0.304 e. The topological polar surface area (TPSA) is 55.2 Å². The molecule has 1 unspecified atom stereocenters. The Bertz CT molecular complexity index is 469. The standard InChI is InChI=1S/C13H15FN2O2/c1-3-5-11(4-2)15-9-10-6-7-13(16(17)18)12(14)8-10/h2,6-8,11,15H,3,5,9H2,1H3. The largest absolute Gasteiger partial charge is 0.304 e. The predicted molar refractivity (Wildman–Crippen MR) is 67.4 cm³/mol. The summed E-state index contributed by atoms with van der Waals surface area (Å²) in [5.74, 6) is 1.78. The Balaban J connectivity index is 2.67. The normalized spacial score (nSPS) is 11.8. The van der Waals surface area contributed by atoms with Gasteiger partial charge in [-0.1, -0.05) is 25.3 Å². The van der Waals surface area contributed by atoms with Crippen molar-refractivity contribution in [3.8, 4) is 12.3 Å². The molecule has 4 nitrogen and oxygen atoms in total. The molecule has 0 aliphatic heterocycles. The van der Waals surface area contributed by atoms with E-state index in [0.717, 1.165) is 25.0 Å². The van der Waals surface area contributed by atoms with Crippen LogP contribution in [0.15, 0.2) is 18.2 Å². The number of nitrogens with zero attached hydrogens (tertiary/aromatic N) is 1. The lowest BCUT2D eigenvalue weighted by molar-refractivity contribution is -0.387. The van der Waals surface area contributed by atoms with Gasteiger partial charge in [0.15, 0.2) is 0 Å². The molecule has 0 aliphatic carbocycles. The van der Waals surface area contributed by atoms with Gasteiger partial charge in [0.2, 0.25) is 5.82 Å². The molecular formula is C13H15FN2O2. The minimum Gasteiger partial charge on any atom is -0.300 e. The number of terminal acetylenes is 1. The van der Waals surface area contributed by atoms with E-state index in [9.17, 15) is 14.5 Å². The van der Waals surface area contributed by atoms with E-state index in [1.165, 1.54) is 6.07 Å². The average molecular weight is 250 g/mol. The van der Waals surface area contributed by atoms with Crippen LogP contribution in [0.25, 0.3) is 0 Å². The van der Waals surface area contributed by atoms with Gasteiger partial charge >= 0.3 is 5.69 Å². The minimum absolute atomic E-state index is 0.0618. The molecule has 0 bridgehead atoms. The van der Waals surface area contributed by atoms with Crippen LogP contribution in [0.5, 0.6) is 0 Å². The van der Waals surface area contributed by atoms with Crippen LogP contribution in [-0.4, -0.2) is 11.0 Å². The Morgan fingerprint density at radius 3 is 2.83 bits per heavy atom. The number of hydrogen-bond acceptors (Lipinski definition) is 3. The summed E-state index contributed by atoms with van der Waals surface area (Å²) in [6.45, 7) is 2.42. The molecule has 0 radical (unpaired) electrons. The first kappa shape index (κ1) is 14.1. The number of benzene rings is 1.